The van der Waals surface area contributed by atoms with Crippen LogP contribution in [0.25, 0.3) is 0 Å². The molecule has 0 saturated carbocycles. The molecule has 0 spiro atoms. The summed E-state index contributed by atoms with van der Waals surface area (Å²) in [7, 11) is 0. The molecule has 23 heavy (non-hydrogen) atoms. The van der Waals surface area contributed by atoms with Gasteiger partial charge in [0, 0.05) is 16.8 Å². The van der Waals surface area contributed by atoms with Crippen LogP contribution in [0.4, 0.5) is 5.69 Å². The standard InChI is InChI=1S/C18H15ClN2O2/c1-12(22)13-6-4-7-15(9-13)21-11-14-5-2-3-8-16(14)18(21)20-17(23)10-19/h2-9H,10-11H2,1H3. The number of aliphatic imine (C=N–C) groups is 1. The lowest BCUT2D eigenvalue weighted by Gasteiger charge is -2.19. The molecule has 1 heterocycles. The van der Waals surface area contributed by atoms with Crippen molar-refractivity contribution in [2.75, 3.05) is 10.8 Å². The van der Waals surface area contributed by atoms with Gasteiger partial charge in [0.05, 0.1) is 6.54 Å². The van der Waals surface area contributed by atoms with Gasteiger partial charge < -0.3 is 4.90 Å². The molecule has 0 bridgehead atoms. The number of halogens is 1. The van der Waals surface area contributed by atoms with Crippen molar-refractivity contribution in [3.8, 4) is 0 Å². The highest BCUT2D eigenvalue weighted by Gasteiger charge is 2.27. The van der Waals surface area contributed by atoms with E-state index in [1.807, 2.05) is 47.4 Å². The number of benzene rings is 2. The Hall–Kier alpha value is -2.46. The number of anilines is 1. The van der Waals surface area contributed by atoms with E-state index in [2.05, 4.69) is 4.99 Å². The zero-order valence-electron chi connectivity index (χ0n) is 12.6. The van der Waals surface area contributed by atoms with Crippen LogP contribution in [0.1, 0.15) is 28.4 Å². The summed E-state index contributed by atoms with van der Waals surface area (Å²) in [6, 6.07) is 15.1. The van der Waals surface area contributed by atoms with Crippen LogP contribution in [-0.2, 0) is 11.3 Å². The van der Waals surface area contributed by atoms with E-state index in [0.717, 1.165) is 16.8 Å². The number of rotatable bonds is 3. The van der Waals surface area contributed by atoms with E-state index in [9.17, 15) is 9.59 Å². The van der Waals surface area contributed by atoms with Gasteiger partial charge in [-0.3, -0.25) is 9.59 Å². The first-order valence-electron chi connectivity index (χ1n) is 7.24. The topological polar surface area (TPSA) is 49.7 Å². The number of hydrogen-bond donors (Lipinski definition) is 0. The van der Waals surface area contributed by atoms with E-state index in [-0.39, 0.29) is 17.6 Å². The number of amidine groups is 1. The third kappa shape index (κ3) is 3.03. The highest BCUT2D eigenvalue weighted by atomic mass is 35.5. The third-order valence-corrected chi connectivity index (χ3v) is 3.98. The Bertz CT molecular complexity index is 814. The van der Waals surface area contributed by atoms with Crippen LogP contribution < -0.4 is 4.90 Å². The van der Waals surface area contributed by atoms with Crippen molar-refractivity contribution in [3.63, 3.8) is 0 Å². The van der Waals surface area contributed by atoms with Crippen LogP contribution in [0.2, 0.25) is 0 Å². The molecule has 1 aliphatic rings. The molecule has 1 amide bonds. The lowest BCUT2D eigenvalue weighted by atomic mass is 10.1. The molecule has 5 heteroatoms. The monoisotopic (exact) mass is 326 g/mol. The lowest BCUT2D eigenvalue weighted by Crippen LogP contribution is -2.25. The first-order valence-corrected chi connectivity index (χ1v) is 7.78. The van der Waals surface area contributed by atoms with E-state index in [0.29, 0.717) is 17.9 Å². The zero-order chi connectivity index (χ0) is 16.4. The number of alkyl halides is 1. The maximum Gasteiger partial charge on any atom is 0.262 e. The van der Waals surface area contributed by atoms with Crippen LogP contribution in [0.15, 0.2) is 53.5 Å². The van der Waals surface area contributed by atoms with Crippen molar-refractivity contribution in [1.82, 2.24) is 0 Å². The van der Waals surface area contributed by atoms with Gasteiger partial charge in [-0.05, 0) is 24.6 Å². The van der Waals surface area contributed by atoms with Crippen molar-refractivity contribution in [2.45, 2.75) is 13.5 Å². The molecule has 2 aromatic rings. The number of nitrogens with zero attached hydrogens (tertiary/aromatic N) is 2. The largest absolute Gasteiger partial charge is 0.321 e. The molecule has 0 aliphatic carbocycles. The molecule has 0 atom stereocenters. The second kappa shape index (κ2) is 6.34. The molecule has 116 valence electrons. The second-order valence-electron chi connectivity index (χ2n) is 5.31. The number of ketones is 1. The van der Waals surface area contributed by atoms with Gasteiger partial charge in [0.15, 0.2) is 5.78 Å². The molecule has 0 N–H and O–H groups in total. The Kier molecular flexibility index (Phi) is 4.26. The summed E-state index contributed by atoms with van der Waals surface area (Å²) in [6.45, 7) is 2.13. The summed E-state index contributed by atoms with van der Waals surface area (Å²) in [4.78, 5) is 29.4. The minimum atomic E-state index is -0.383. The molecule has 0 saturated heterocycles. The van der Waals surface area contributed by atoms with Crippen molar-refractivity contribution >= 4 is 34.8 Å². The molecule has 0 fully saturated rings. The summed E-state index contributed by atoms with van der Waals surface area (Å²) in [5.41, 5.74) is 3.46. The van der Waals surface area contributed by atoms with Crippen LogP contribution in [0.5, 0.6) is 0 Å². The van der Waals surface area contributed by atoms with Crippen LogP contribution in [-0.4, -0.2) is 23.4 Å². The Morgan fingerprint density at radius 3 is 2.70 bits per heavy atom. The smallest absolute Gasteiger partial charge is 0.262 e. The summed E-state index contributed by atoms with van der Waals surface area (Å²) in [5.74, 6) is 0.0319. The fourth-order valence-corrected chi connectivity index (χ4v) is 2.70. The normalized spacial score (nSPS) is 14.9. The van der Waals surface area contributed by atoms with Gasteiger partial charge in [0.25, 0.3) is 5.91 Å². The third-order valence-electron chi connectivity index (χ3n) is 3.75. The van der Waals surface area contributed by atoms with E-state index in [1.54, 1.807) is 6.07 Å². The highest BCUT2D eigenvalue weighted by molar-refractivity contribution is 6.29. The number of hydrogen-bond acceptors (Lipinski definition) is 2. The van der Waals surface area contributed by atoms with Crippen molar-refractivity contribution < 1.29 is 9.59 Å². The van der Waals surface area contributed by atoms with E-state index >= 15 is 0 Å². The van der Waals surface area contributed by atoms with Crippen LogP contribution in [0, 0.1) is 0 Å². The van der Waals surface area contributed by atoms with Gasteiger partial charge in [-0.2, -0.15) is 4.99 Å². The van der Waals surface area contributed by atoms with Gasteiger partial charge in [0.2, 0.25) is 0 Å². The van der Waals surface area contributed by atoms with E-state index in [1.165, 1.54) is 6.92 Å². The number of amides is 1. The van der Waals surface area contributed by atoms with Gasteiger partial charge >= 0.3 is 0 Å². The number of carbonyl (C=O) groups excluding carboxylic acids is 2. The summed E-state index contributed by atoms with van der Waals surface area (Å²) >= 11 is 5.60. The van der Waals surface area contributed by atoms with Gasteiger partial charge in [-0.25, -0.2) is 0 Å². The van der Waals surface area contributed by atoms with E-state index in [4.69, 9.17) is 11.6 Å². The van der Waals surface area contributed by atoms with Gasteiger partial charge in [-0.1, -0.05) is 36.4 Å². The molecule has 3 rings (SSSR count). The Morgan fingerprint density at radius 2 is 1.96 bits per heavy atom. The SMILES string of the molecule is CC(=O)c1cccc(N2Cc3ccccc3C2=NC(=O)CCl)c1. The molecule has 0 aromatic heterocycles. The zero-order valence-corrected chi connectivity index (χ0v) is 13.4. The van der Waals surface area contributed by atoms with E-state index < -0.39 is 0 Å². The molecule has 4 nitrogen and oxygen atoms in total. The minimum Gasteiger partial charge on any atom is -0.321 e. The quantitative estimate of drug-likeness (QED) is 0.641. The van der Waals surface area contributed by atoms with Crippen molar-refractivity contribution in [1.29, 1.82) is 0 Å². The predicted molar refractivity (Wildman–Crippen MR) is 91.3 cm³/mol. The summed E-state index contributed by atoms with van der Waals surface area (Å²) in [6.07, 6.45) is 0. The maximum absolute atomic E-state index is 11.7. The molecule has 1 aliphatic heterocycles. The fourth-order valence-electron chi connectivity index (χ4n) is 2.64. The molecule has 0 radical (unpaired) electrons. The first kappa shape index (κ1) is 15.4. The highest BCUT2D eigenvalue weighted by Crippen LogP contribution is 2.29. The minimum absolute atomic E-state index is 0.00103. The first-order chi connectivity index (χ1) is 11.1. The van der Waals surface area contributed by atoms with Crippen molar-refractivity contribution in [2.24, 2.45) is 4.99 Å². The van der Waals surface area contributed by atoms with Crippen LogP contribution >= 0.6 is 11.6 Å². The second-order valence-corrected chi connectivity index (χ2v) is 5.58. The molecule has 2 aromatic carbocycles. The Balaban J connectivity index is 2.08. The number of Topliss-reactive ketones (excluding diaryl/α,β-unsaturated/α-hetero) is 1. The molecular weight excluding hydrogens is 312 g/mol. The Labute approximate surface area is 139 Å². The Morgan fingerprint density at radius 1 is 1.17 bits per heavy atom. The average molecular weight is 327 g/mol. The average Bonchev–Trinajstić information content (AvgIpc) is 2.93. The van der Waals surface area contributed by atoms with Gasteiger partial charge in [0.1, 0.15) is 11.7 Å². The number of fused-ring (bicyclic) bond motifs is 1. The summed E-state index contributed by atoms with van der Waals surface area (Å²) in [5, 5.41) is 0. The molecule has 0 unspecified atom stereocenters. The van der Waals surface area contributed by atoms with Crippen molar-refractivity contribution in [3.05, 3.63) is 65.2 Å². The molecular formula is C18H15ClN2O2. The maximum atomic E-state index is 11.7. The van der Waals surface area contributed by atoms with Crippen LogP contribution in [0.3, 0.4) is 0 Å². The summed E-state index contributed by atoms with van der Waals surface area (Å²) < 4.78 is 0. The predicted octanol–water partition coefficient (Wildman–Crippen LogP) is 3.42. The van der Waals surface area contributed by atoms with Gasteiger partial charge in [-0.15, -0.1) is 11.6 Å². The lowest BCUT2D eigenvalue weighted by molar-refractivity contribution is -0.115. The fraction of sp³-hybridized carbons (Fsp3) is 0.167. The number of carbonyl (C=O) groups is 2.